The van der Waals surface area contributed by atoms with Gasteiger partial charge in [0.05, 0.1) is 6.61 Å². The first-order valence-corrected chi connectivity index (χ1v) is 13.2. The van der Waals surface area contributed by atoms with Crippen LogP contribution in [0.4, 0.5) is 5.69 Å². The Labute approximate surface area is 228 Å². The summed E-state index contributed by atoms with van der Waals surface area (Å²) in [7, 11) is 1.66. The second-order valence-electron chi connectivity index (χ2n) is 10.4. The number of likely N-dealkylation sites (N-methyl/N-ethyl adjacent to an activating group) is 1. The van der Waals surface area contributed by atoms with E-state index in [4.69, 9.17) is 4.74 Å². The number of benzene rings is 3. The largest absolute Gasteiger partial charge is 0.465 e. The molecule has 6 heteroatoms. The fraction of sp³-hybridized carbons (Fsp3) is 0.273. The number of amides is 1. The third kappa shape index (κ3) is 4.20. The Morgan fingerprint density at radius 2 is 1.46 bits per heavy atom. The van der Waals surface area contributed by atoms with Gasteiger partial charge in [-0.15, -0.1) is 0 Å². The number of fused-ring (bicyclic) bond motifs is 2. The molecule has 3 aromatic rings. The monoisotopic (exact) mass is 521 g/mol. The maximum absolute atomic E-state index is 14.3. The number of anilines is 1. The number of hydrogen-bond donors (Lipinski definition) is 0. The van der Waals surface area contributed by atoms with Crippen molar-refractivity contribution >= 4 is 29.1 Å². The highest BCUT2D eigenvalue weighted by Gasteiger charge is 2.66. The molecule has 3 aromatic carbocycles. The Morgan fingerprint density at radius 1 is 0.872 bits per heavy atom. The summed E-state index contributed by atoms with van der Waals surface area (Å²) in [5, 5.41) is 0. The van der Waals surface area contributed by atoms with E-state index in [0.717, 1.165) is 11.1 Å². The number of para-hydroxylation sites is 1. The van der Waals surface area contributed by atoms with Gasteiger partial charge in [-0.2, -0.15) is 0 Å². The summed E-state index contributed by atoms with van der Waals surface area (Å²) < 4.78 is 5.51. The van der Waals surface area contributed by atoms with Crippen molar-refractivity contribution in [1.29, 1.82) is 0 Å². The van der Waals surface area contributed by atoms with E-state index in [1.807, 2.05) is 62.4 Å². The van der Waals surface area contributed by atoms with Gasteiger partial charge in [0.2, 0.25) is 5.91 Å². The molecule has 6 nitrogen and oxygen atoms in total. The molecule has 0 saturated carbocycles. The molecule has 0 unspecified atom stereocenters. The van der Waals surface area contributed by atoms with Crippen molar-refractivity contribution in [2.75, 3.05) is 18.6 Å². The van der Waals surface area contributed by atoms with Crippen molar-refractivity contribution in [2.45, 2.75) is 32.6 Å². The third-order valence-electron chi connectivity index (χ3n) is 7.98. The molecule has 1 spiro atoms. The average molecular weight is 522 g/mol. The highest BCUT2D eigenvalue weighted by molar-refractivity contribution is 6.18. The van der Waals surface area contributed by atoms with Crippen molar-refractivity contribution in [3.05, 3.63) is 112 Å². The van der Waals surface area contributed by atoms with Crippen LogP contribution in [0.15, 0.2) is 84.4 Å². The van der Waals surface area contributed by atoms with Crippen molar-refractivity contribution in [3.63, 3.8) is 0 Å². The number of carbonyl (C=O) groups excluding carboxylic acids is 4. The van der Waals surface area contributed by atoms with Crippen LogP contribution in [0.5, 0.6) is 0 Å². The Morgan fingerprint density at radius 3 is 2.08 bits per heavy atom. The molecule has 0 fully saturated rings. The summed E-state index contributed by atoms with van der Waals surface area (Å²) in [5.41, 5.74) is 2.94. The summed E-state index contributed by atoms with van der Waals surface area (Å²) in [5.74, 6) is -3.41. The quantitative estimate of drug-likeness (QED) is 0.307. The van der Waals surface area contributed by atoms with Gasteiger partial charge < -0.3 is 9.64 Å². The molecule has 5 rings (SSSR count). The van der Waals surface area contributed by atoms with E-state index in [1.165, 1.54) is 4.90 Å². The van der Waals surface area contributed by atoms with Gasteiger partial charge in [-0.1, -0.05) is 83.9 Å². The van der Waals surface area contributed by atoms with Crippen molar-refractivity contribution < 1.29 is 23.9 Å². The minimum absolute atomic E-state index is 0.0441. The molecular weight excluding hydrogens is 490 g/mol. The van der Waals surface area contributed by atoms with E-state index < -0.39 is 23.2 Å². The highest BCUT2D eigenvalue weighted by Crippen LogP contribution is 2.58. The van der Waals surface area contributed by atoms with Crippen LogP contribution in [0.3, 0.4) is 0 Å². The van der Waals surface area contributed by atoms with E-state index in [9.17, 15) is 19.2 Å². The topological polar surface area (TPSA) is 80.8 Å². The first-order chi connectivity index (χ1) is 18.7. The van der Waals surface area contributed by atoms with Crippen molar-refractivity contribution in [3.8, 4) is 0 Å². The lowest BCUT2D eigenvalue weighted by atomic mass is 9.64. The number of carbonyl (C=O) groups is 4. The number of aryl methyl sites for hydroxylation is 2. The Balaban J connectivity index is 1.70. The highest BCUT2D eigenvalue weighted by atomic mass is 16.5. The van der Waals surface area contributed by atoms with E-state index in [0.29, 0.717) is 22.4 Å². The maximum atomic E-state index is 14.3. The molecule has 1 aliphatic carbocycles. The Kier molecular flexibility index (Phi) is 6.81. The Hall–Kier alpha value is -4.32. The minimum atomic E-state index is -1.48. The summed E-state index contributed by atoms with van der Waals surface area (Å²) in [6.07, 6.45) is 1.64. The van der Waals surface area contributed by atoms with Crippen LogP contribution in [0.25, 0.3) is 0 Å². The van der Waals surface area contributed by atoms with E-state index in [1.54, 1.807) is 44.3 Å². The number of rotatable bonds is 7. The summed E-state index contributed by atoms with van der Waals surface area (Å²) in [6.45, 7) is 5.66. The first-order valence-electron chi connectivity index (χ1n) is 13.2. The lowest BCUT2D eigenvalue weighted by Gasteiger charge is -2.35. The molecule has 1 amide bonds. The molecule has 3 atom stereocenters. The molecular formula is C33H31NO5. The van der Waals surface area contributed by atoms with Gasteiger partial charge >= 0.3 is 5.97 Å². The van der Waals surface area contributed by atoms with Crippen LogP contribution < -0.4 is 4.90 Å². The zero-order valence-electron chi connectivity index (χ0n) is 22.6. The molecule has 0 radical (unpaired) electrons. The van der Waals surface area contributed by atoms with Crippen LogP contribution in [0.1, 0.15) is 50.8 Å². The van der Waals surface area contributed by atoms with Crippen LogP contribution in [0, 0.1) is 25.7 Å². The SMILES string of the molecule is CCOC(=O)[C@H]1C(C(=O)c2ccc(C)cc2)=C[C@@H](CC(=O)c2ccc(C)cc2)[C@@]12C(=O)N(C)c1ccccc12. The molecule has 0 saturated heterocycles. The summed E-state index contributed by atoms with van der Waals surface area (Å²) in [6, 6.07) is 21.6. The predicted molar refractivity (Wildman–Crippen MR) is 149 cm³/mol. The maximum Gasteiger partial charge on any atom is 0.315 e. The number of Topliss-reactive ketones (excluding diaryl/α,β-unsaturated/α-hetero) is 2. The molecule has 1 aliphatic heterocycles. The molecule has 39 heavy (non-hydrogen) atoms. The fourth-order valence-electron chi connectivity index (χ4n) is 6.05. The predicted octanol–water partition coefficient (Wildman–Crippen LogP) is 5.41. The smallest absolute Gasteiger partial charge is 0.315 e. The summed E-state index contributed by atoms with van der Waals surface area (Å²) >= 11 is 0. The van der Waals surface area contributed by atoms with E-state index >= 15 is 0 Å². The number of ether oxygens (including phenoxy) is 1. The van der Waals surface area contributed by atoms with Gasteiger partial charge in [-0.25, -0.2) is 0 Å². The molecule has 2 aliphatic rings. The van der Waals surface area contributed by atoms with Gasteiger partial charge in [0.15, 0.2) is 11.6 Å². The van der Waals surface area contributed by atoms with Gasteiger partial charge in [0.25, 0.3) is 0 Å². The number of esters is 1. The van der Waals surface area contributed by atoms with Crippen LogP contribution in [-0.4, -0.2) is 37.1 Å². The number of nitrogens with zero attached hydrogens (tertiary/aromatic N) is 1. The average Bonchev–Trinajstić information content (AvgIpc) is 3.38. The van der Waals surface area contributed by atoms with Gasteiger partial charge in [-0.05, 0) is 32.4 Å². The lowest BCUT2D eigenvalue weighted by molar-refractivity contribution is -0.151. The first kappa shape index (κ1) is 26.3. The third-order valence-corrected chi connectivity index (χ3v) is 7.98. The van der Waals surface area contributed by atoms with Crippen molar-refractivity contribution in [1.82, 2.24) is 0 Å². The zero-order chi connectivity index (χ0) is 27.9. The van der Waals surface area contributed by atoms with Crippen LogP contribution in [0.2, 0.25) is 0 Å². The van der Waals surface area contributed by atoms with Crippen LogP contribution >= 0.6 is 0 Å². The molecule has 0 aromatic heterocycles. The van der Waals surface area contributed by atoms with Gasteiger partial charge in [0.1, 0.15) is 11.3 Å². The number of ketones is 2. The fourth-order valence-corrected chi connectivity index (χ4v) is 6.05. The standard InChI is InChI=1S/C33H31NO5/c1-5-39-31(37)29-25(30(36)23-16-12-21(3)13-17-23)18-24(19-28(35)22-14-10-20(2)11-15-22)33(29)26-8-6-7-9-27(26)34(4)32(33)38/h6-18,24,29H,5,19H2,1-4H3/t24-,29+,33-/m0/s1. The van der Waals surface area contributed by atoms with Gasteiger partial charge in [0, 0.05) is 41.8 Å². The summed E-state index contributed by atoms with van der Waals surface area (Å²) in [4.78, 5) is 57.1. The molecule has 198 valence electrons. The molecule has 0 bridgehead atoms. The second-order valence-corrected chi connectivity index (χ2v) is 10.4. The van der Waals surface area contributed by atoms with E-state index in [-0.39, 0.29) is 36.1 Å². The minimum Gasteiger partial charge on any atom is -0.465 e. The zero-order valence-corrected chi connectivity index (χ0v) is 22.6. The lowest BCUT2D eigenvalue weighted by Crippen LogP contribution is -2.51. The van der Waals surface area contributed by atoms with E-state index in [2.05, 4.69) is 0 Å². The Bertz CT molecular complexity index is 1500. The normalized spacial score (nSPS) is 21.6. The second kappa shape index (κ2) is 10.1. The molecule has 0 N–H and O–H groups in total. The van der Waals surface area contributed by atoms with Crippen molar-refractivity contribution in [2.24, 2.45) is 11.8 Å². The number of allylic oxidation sites excluding steroid dienone is 1. The van der Waals surface area contributed by atoms with Gasteiger partial charge in [-0.3, -0.25) is 19.2 Å². The van der Waals surface area contributed by atoms with Crippen LogP contribution in [-0.2, 0) is 19.7 Å². The number of hydrogen-bond acceptors (Lipinski definition) is 5. The molecule has 1 heterocycles.